The number of methoxy groups -OCH3 is 3. The number of hydrogen-bond acceptors (Lipinski definition) is 5. The molecule has 0 saturated carbocycles. The monoisotopic (exact) mass is 406 g/mol. The lowest BCUT2D eigenvalue weighted by atomic mass is 10.1. The van der Waals surface area contributed by atoms with Crippen LogP contribution in [0.3, 0.4) is 0 Å². The number of piperazine rings is 1. The third kappa shape index (κ3) is 4.53. The van der Waals surface area contributed by atoms with Gasteiger partial charge in [-0.3, -0.25) is 9.80 Å². The molecule has 0 spiro atoms. The van der Waals surface area contributed by atoms with E-state index in [1.165, 1.54) is 16.3 Å². The van der Waals surface area contributed by atoms with Gasteiger partial charge in [-0.2, -0.15) is 0 Å². The van der Waals surface area contributed by atoms with Crippen LogP contribution < -0.4 is 14.2 Å². The fourth-order valence-electron chi connectivity index (χ4n) is 4.16. The van der Waals surface area contributed by atoms with Crippen LogP contribution in [0.1, 0.15) is 11.1 Å². The van der Waals surface area contributed by atoms with Gasteiger partial charge in [-0.15, -0.1) is 0 Å². The summed E-state index contributed by atoms with van der Waals surface area (Å²) in [4.78, 5) is 5.01. The van der Waals surface area contributed by atoms with Crippen molar-refractivity contribution in [3.8, 4) is 17.2 Å². The Morgan fingerprint density at radius 2 is 1.23 bits per heavy atom. The SMILES string of the molecule is COc1cc(OC)c(OC)cc1CN1CCN(Cc2ccc3ccccc3c2)CC1. The zero-order valence-corrected chi connectivity index (χ0v) is 18.1. The first-order chi connectivity index (χ1) is 14.7. The lowest BCUT2D eigenvalue weighted by Gasteiger charge is -2.35. The van der Waals surface area contributed by atoms with Gasteiger partial charge < -0.3 is 14.2 Å². The van der Waals surface area contributed by atoms with Gasteiger partial charge in [0.15, 0.2) is 11.5 Å². The second-order valence-corrected chi connectivity index (χ2v) is 7.75. The minimum absolute atomic E-state index is 0.693. The Morgan fingerprint density at radius 1 is 0.633 bits per heavy atom. The zero-order chi connectivity index (χ0) is 20.9. The highest BCUT2D eigenvalue weighted by Gasteiger charge is 2.20. The summed E-state index contributed by atoms with van der Waals surface area (Å²) >= 11 is 0. The van der Waals surface area contributed by atoms with Crippen LogP contribution in [-0.2, 0) is 13.1 Å². The fourth-order valence-corrected chi connectivity index (χ4v) is 4.16. The van der Waals surface area contributed by atoms with E-state index in [-0.39, 0.29) is 0 Å². The molecule has 3 aromatic rings. The lowest BCUT2D eigenvalue weighted by Crippen LogP contribution is -2.45. The average molecular weight is 407 g/mol. The maximum Gasteiger partial charge on any atom is 0.164 e. The molecule has 1 aliphatic heterocycles. The summed E-state index contributed by atoms with van der Waals surface area (Å²) in [6.45, 7) is 6.02. The molecule has 4 rings (SSSR count). The van der Waals surface area contributed by atoms with Crippen LogP contribution in [0.4, 0.5) is 0 Å². The molecule has 0 aliphatic carbocycles. The second kappa shape index (κ2) is 9.37. The summed E-state index contributed by atoms with van der Waals surface area (Å²) in [5.41, 5.74) is 2.50. The molecule has 30 heavy (non-hydrogen) atoms. The predicted molar refractivity (Wildman–Crippen MR) is 121 cm³/mol. The second-order valence-electron chi connectivity index (χ2n) is 7.75. The van der Waals surface area contributed by atoms with Gasteiger partial charge in [0.2, 0.25) is 0 Å². The summed E-state index contributed by atoms with van der Waals surface area (Å²) in [6.07, 6.45) is 0. The number of benzene rings is 3. The van der Waals surface area contributed by atoms with Crippen molar-refractivity contribution in [1.29, 1.82) is 0 Å². The van der Waals surface area contributed by atoms with Crippen molar-refractivity contribution in [2.75, 3.05) is 47.5 Å². The van der Waals surface area contributed by atoms with Crippen molar-refractivity contribution >= 4 is 10.8 Å². The lowest BCUT2D eigenvalue weighted by molar-refractivity contribution is 0.121. The molecule has 1 fully saturated rings. The Labute approximate surface area is 178 Å². The molecule has 1 saturated heterocycles. The topological polar surface area (TPSA) is 34.2 Å². The number of ether oxygens (including phenoxy) is 3. The number of rotatable bonds is 7. The van der Waals surface area contributed by atoms with Gasteiger partial charge in [-0.05, 0) is 28.5 Å². The predicted octanol–water partition coefficient (Wildman–Crippen LogP) is 4.18. The maximum absolute atomic E-state index is 5.59. The molecule has 0 N–H and O–H groups in total. The van der Waals surface area contributed by atoms with E-state index in [1.54, 1.807) is 21.3 Å². The Morgan fingerprint density at radius 3 is 1.90 bits per heavy atom. The molecule has 0 bridgehead atoms. The molecule has 3 aromatic carbocycles. The Balaban J connectivity index is 1.37. The average Bonchev–Trinajstić information content (AvgIpc) is 2.80. The van der Waals surface area contributed by atoms with E-state index in [1.807, 2.05) is 12.1 Å². The highest BCUT2D eigenvalue weighted by atomic mass is 16.5. The largest absolute Gasteiger partial charge is 0.496 e. The first-order valence-corrected chi connectivity index (χ1v) is 10.4. The Hall–Kier alpha value is -2.76. The van der Waals surface area contributed by atoms with Crippen LogP contribution in [0.15, 0.2) is 54.6 Å². The first-order valence-electron chi connectivity index (χ1n) is 10.4. The molecule has 0 radical (unpaired) electrons. The van der Waals surface area contributed by atoms with Crippen molar-refractivity contribution in [2.45, 2.75) is 13.1 Å². The molecule has 1 aliphatic rings. The smallest absolute Gasteiger partial charge is 0.164 e. The van der Waals surface area contributed by atoms with Crippen molar-refractivity contribution in [3.63, 3.8) is 0 Å². The number of fused-ring (bicyclic) bond motifs is 1. The summed E-state index contributed by atoms with van der Waals surface area (Å²) < 4.78 is 16.5. The minimum Gasteiger partial charge on any atom is -0.496 e. The Kier molecular flexibility index (Phi) is 6.41. The standard InChI is InChI=1S/C25H30N2O3/c1-28-23-16-25(30-3)24(29-2)15-22(23)18-27-12-10-26(11-13-27)17-19-8-9-20-6-4-5-7-21(20)14-19/h4-9,14-16H,10-13,17-18H2,1-3H3. The van der Waals surface area contributed by atoms with E-state index in [0.29, 0.717) is 5.75 Å². The van der Waals surface area contributed by atoms with E-state index in [0.717, 1.165) is 56.3 Å². The molecule has 158 valence electrons. The normalized spacial score (nSPS) is 15.3. The maximum atomic E-state index is 5.59. The molecule has 5 heteroatoms. The highest BCUT2D eigenvalue weighted by molar-refractivity contribution is 5.82. The van der Waals surface area contributed by atoms with Crippen molar-refractivity contribution in [3.05, 3.63) is 65.7 Å². The van der Waals surface area contributed by atoms with Crippen molar-refractivity contribution in [1.82, 2.24) is 9.80 Å². The summed E-state index contributed by atoms with van der Waals surface area (Å²) in [7, 11) is 5.01. The minimum atomic E-state index is 0.693. The molecule has 1 heterocycles. The van der Waals surface area contributed by atoms with Crippen LogP contribution in [0.2, 0.25) is 0 Å². The van der Waals surface area contributed by atoms with Crippen molar-refractivity contribution < 1.29 is 14.2 Å². The molecular weight excluding hydrogens is 376 g/mol. The van der Waals surface area contributed by atoms with Crippen LogP contribution in [-0.4, -0.2) is 57.3 Å². The van der Waals surface area contributed by atoms with Gasteiger partial charge in [0.05, 0.1) is 21.3 Å². The van der Waals surface area contributed by atoms with E-state index in [4.69, 9.17) is 14.2 Å². The van der Waals surface area contributed by atoms with Gasteiger partial charge in [-0.25, -0.2) is 0 Å². The van der Waals surface area contributed by atoms with Gasteiger partial charge in [0.25, 0.3) is 0 Å². The molecular formula is C25H30N2O3. The Bertz CT molecular complexity index is 997. The molecule has 0 amide bonds. The van der Waals surface area contributed by atoms with Crippen molar-refractivity contribution in [2.24, 2.45) is 0 Å². The van der Waals surface area contributed by atoms with Gasteiger partial charge >= 0.3 is 0 Å². The molecule has 0 unspecified atom stereocenters. The zero-order valence-electron chi connectivity index (χ0n) is 18.1. The third-order valence-corrected chi connectivity index (χ3v) is 5.87. The summed E-state index contributed by atoms with van der Waals surface area (Å²) in [5.74, 6) is 2.27. The number of nitrogens with zero attached hydrogens (tertiary/aromatic N) is 2. The molecule has 0 aromatic heterocycles. The van der Waals surface area contributed by atoms with Gasteiger partial charge in [-0.1, -0.05) is 36.4 Å². The highest BCUT2D eigenvalue weighted by Crippen LogP contribution is 2.35. The van der Waals surface area contributed by atoms with Crippen LogP contribution >= 0.6 is 0 Å². The fraction of sp³-hybridized carbons (Fsp3) is 0.360. The van der Waals surface area contributed by atoms with E-state index < -0.39 is 0 Å². The van der Waals surface area contributed by atoms with Gasteiger partial charge in [0.1, 0.15) is 5.75 Å². The molecule has 0 atom stereocenters. The van der Waals surface area contributed by atoms with Crippen LogP contribution in [0.5, 0.6) is 17.2 Å². The van der Waals surface area contributed by atoms with E-state index in [9.17, 15) is 0 Å². The van der Waals surface area contributed by atoms with E-state index >= 15 is 0 Å². The van der Waals surface area contributed by atoms with Gasteiger partial charge in [0, 0.05) is 50.9 Å². The van der Waals surface area contributed by atoms with E-state index in [2.05, 4.69) is 52.3 Å². The van der Waals surface area contributed by atoms with Crippen LogP contribution in [0.25, 0.3) is 10.8 Å². The number of hydrogen-bond donors (Lipinski definition) is 0. The van der Waals surface area contributed by atoms with Crippen LogP contribution in [0, 0.1) is 0 Å². The summed E-state index contributed by atoms with van der Waals surface area (Å²) in [6, 6.07) is 19.3. The quantitative estimate of drug-likeness (QED) is 0.588. The molecule has 5 nitrogen and oxygen atoms in total. The summed E-state index contributed by atoms with van der Waals surface area (Å²) in [5, 5.41) is 2.61. The first kappa shape index (κ1) is 20.5. The third-order valence-electron chi connectivity index (χ3n) is 5.87.